The fraction of sp³-hybridized carbons (Fsp3) is 0.125. The second-order valence-corrected chi connectivity index (χ2v) is 4.74. The molecule has 4 N–H and O–H groups in total. The fourth-order valence-corrected chi connectivity index (χ4v) is 2.45. The summed E-state index contributed by atoms with van der Waals surface area (Å²) in [5.74, 6) is 0.331. The van der Waals surface area contributed by atoms with Crippen LogP contribution in [0, 0.1) is 0 Å². The number of nitrogen functional groups attached to an aromatic ring is 1. The summed E-state index contributed by atoms with van der Waals surface area (Å²) in [4.78, 5) is 19.5. The Balaban J connectivity index is 2.23. The maximum atomic E-state index is 12.2. The van der Waals surface area contributed by atoms with E-state index in [-0.39, 0.29) is 5.91 Å². The minimum Gasteiger partial charge on any atom is -0.384 e. The number of pyridine rings is 1. The van der Waals surface area contributed by atoms with E-state index >= 15 is 0 Å². The van der Waals surface area contributed by atoms with Gasteiger partial charge in [0.25, 0.3) is 5.91 Å². The van der Waals surface area contributed by atoms with E-state index in [0.717, 1.165) is 22.2 Å². The van der Waals surface area contributed by atoms with Crippen molar-refractivity contribution in [3.8, 4) is 11.1 Å². The summed E-state index contributed by atoms with van der Waals surface area (Å²) < 4.78 is 0. The molecule has 0 aliphatic heterocycles. The van der Waals surface area contributed by atoms with Crippen molar-refractivity contribution in [3.05, 3.63) is 48.2 Å². The number of carbonyl (C=O) groups is 1. The summed E-state index contributed by atoms with van der Waals surface area (Å²) in [6, 6.07) is 11.2. The Hall–Kier alpha value is -2.82. The molecule has 0 bridgehead atoms. The number of H-pyrrole nitrogens is 1. The lowest BCUT2D eigenvalue weighted by atomic mass is 9.97. The van der Waals surface area contributed by atoms with E-state index in [1.165, 1.54) is 0 Å². The van der Waals surface area contributed by atoms with Crippen LogP contribution >= 0.6 is 0 Å². The van der Waals surface area contributed by atoms with Crippen LogP contribution in [0.1, 0.15) is 17.3 Å². The number of aromatic amines is 1. The van der Waals surface area contributed by atoms with Gasteiger partial charge in [0.05, 0.1) is 0 Å². The summed E-state index contributed by atoms with van der Waals surface area (Å²) >= 11 is 0. The van der Waals surface area contributed by atoms with E-state index in [1.807, 2.05) is 43.5 Å². The predicted octanol–water partition coefficient (Wildman–Crippen LogP) is 2.56. The molecular weight excluding hydrogens is 264 g/mol. The molecule has 0 saturated heterocycles. The summed E-state index contributed by atoms with van der Waals surface area (Å²) in [7, 11) is 0. The maximum Gasteiger partial charge on any atom is 0.251 e. The summed E-state index contributed by atoms with van der Waals surface area (Å²) in [5.41, 5.74) is 8.98. The standard InChI is InChI=1S/C16H16N4O/c1-2-18-16(21)12-6-4-3-5-10(12)13-9-14(17)20-15-11(13)7-8-19-15/h3-9H,2H2,1H3,(H,18,21)(H3,17,19,20). The molecule has 0 aliphatic carbocycles. The molecule has 3 aromatic rings. The Morgan fingerprint density at radius 2 is 2.10 bits per heavy atom. The van der Waals surface area contributed by atoms with Crippen molar-refractivity contribution >= 4 is 22.8 Å². The van der Waals surface area contributed by atoms with Gasteiger partial charge in [-0.05, 0) is 36.2 Å². The van der Waals surface area contributed by atoms with Gasteiger partial charge in [0.2, 0.25) is 0 Å². The quantitative estimate of drug-likeness (QED) is 0.689. The van der Waals surface area contributed by atoms with Gasteiger partial charge in [-0.3, -0.25) is 4.79 Å². The average Bonchev–Trinajstić information content (AvgIpc) is 2.94. The number of aromatic nitrogens is 2. The third kappa shape index (κ3) is 2.33. The van der Waals surface area contributed by atoms with Crippen molar-refractivity contribution in [2.45, 2.75) is 6.92 Å². The van der Waals surface area contributed by atoms with E-state index in [9.17, 15) is 4.79 Å². The lowest BCUT2D eigenvalue weighted by Crippen LogP contribution is -2.23. The number of benzene rings is 1. The van der Waals surface area contributed by atoms with E-state index < -0.39 is 0 Å². The zero-order valence-electron chi connectivity index (χ0n) is 11.7. The third-order valence-corrected chi connectivity index (χ3v) is 3.35. The first-order valence-corrected chi connectivity index (χ1v) is 6.82. The van der Waals surface area contributed by atoms with Crippen LogP contribution in [0.4, 0.5) is 5.82 Å². The van der Waals surface area contributed by atoms with Gasteiger partial charge in [-0.15, -0.1) is 0 Å². The number of carbonyl (C=O) groups excluding carboxylic acids is 1. The van der Waals surface area contributed by atoms with Gasteiger partial charge in [0.15, 0.2) is 0 Å². The highest BCUT2D eigenvalue weighted by Crippen LogP contribution is 2.31. The number of nitrogens with two attached hydrogens (primary N) is 1. The molecule has 0 saturated carbocycles. The van der Waals surface area contributed by atoms with Gasteiger partial charge in [0, 0.05) is 23.7 Å². The SMILES string of the molecule is CCNC(=O)c1ccccc1-c1cc(N)nc2[nH]ccc12. The van der Waals surface area contributed by atoms with Crippen LogP contribution in [0.25, 0.3) is 22.2 Å². The van der Waals surface area contributed by atoms with Crippen LogP contribution in [0.2, 0.25) is 0 Å². The van der Waals surface area contributed by atoms with E-state index in [1.54, 1.807) is 6.07 Å². The third-order valence-electron chi connectivity index (χ3n) is 3.35. The lowest BCUT2D eigenvalue weighted by Gasteiger charge is -2.11. The van der Waals surface area contributed by atoms with Crippen LogP contribution < -0.4 is 11.1 Å². The molecule has 106 valence electrons. The molecule has 0 radical (unpaired) electrons. The molecule has 0 unspecified atom stereocenters. The van der Waals surface area contributed by atoms with Gasteiger partial charge in [-0.1, -0.05) is 18.2 Å². The zero-order valence-corrected chi connectivity index (χ0v) is 11.7. The molecular formula is C16H16N4O. The molecule has 2 aromatic heterocycles. The van der Waals surface area contributed by atoms with Crippen molar-refractivity contribution in [1.82, 2.24) is 15.3 Å². The number of anilines is 1. The van der Waals surface area contributed by atoms with Crippen molar-refractivity contribution in [3.63, 3.8) is 0 Å². The molecule has 2 heterocycles. The zero-order chi connectivity index (χ0) is 14.8. The molecule has 1 aromatic carbocycles. The first kappa shape index (κ1) is 13.2. The average molecular weight is 280 g/mol. The molecule has 0 aliphatic rings. The first-order chi connectivity index (χ1) is 10.2. The van der Waals surface area contributed by atoms with Gasteiger partial charge in [-0.2, -0.15) is 0 Å². The minimum atomic E-state index is -0.0906. The highest BCUT2D eigenvalue weighted by atomic mass is 16.1. The van der Waals surface area contributed by atoms with Gasteiger partial charge in [0.1, 0.15) is 11.5 Å². The Bertz CT molecular complexity index is 807. The smallest absolute Gasteiger partial charge is 0.251 e. The van der Waals surface area contributed by atoms with Crippen molar-refractivity contribution in [2.24, 2.45) is 0 Å². The number of amides is 1. The van der Waals surface area contributed by atoms with Crippen LogP contribution in [0.15, 0.2) is 42.6 Å². The second kappa shape index (κ2) is 5.28. The number of nitrogens with one attached hydrogen (secondary N) is 2. The Labute approximate surface area is 122 Å². The molecule has 1 amide bonds. The Kier molecular flexibility index (Phi) is 3.31. The van der Waals surface area contributed by atoms with Crippen molar-refractivity contribution in [1.29, 1.82) is 0 Å². The van der Waals surface area contributed by atoms with Gasteiger partial charge < -0.3 is 16.0 Å². The first-order valence-electron chi connectivity index (χ1n) is 6.82. The summed E-state index contributed by atoms with van der Waals surface area (Å²) in [6.07, 6.45) is 1.81. The van der Waals surface area contributed by atoms with E-state index in [4.69, 9.17) is 5.73 Å². The number of nitrogens with zero attached hydrogens (tertiary/aromatic N) is 1. The van der Waals surface area contributed by atoms with Crippen LogP contribution in [0.3, 0.4) is 0 Å². The normalized spacial score (nSPS) is 10.7. The largest absolute Gasteiger partial charge is 0.384 e. The van der Waals surface area contributed by atoms with Crippen LogP contribution in [0.5, 0.6) is 0 Å². The number of hydrogen-bond donors (Lipinski definition) is 3. The number of rotatable bonds is 3. The molecule has 0 atom stereocenters. The number of hydrogen-bond acceptors (Lipinski definition) is 3. The second-order valence-electron chi connectivity index (χ2n) is 4.74. The van der Waals surface area contributed by atoms with E-state index in [0.29, 0.717) is 17.9 Å². The summed E-state index contributed by atoms with van der Waals surface area (Å²) in [6.45, 7) is 2.49. The highest BCUT2D eigenvalue weighted by molar-refractivity contribution is 6.05. The van der Waals surface area contributed by atoms with Gasteiger partial charge in [-0.25, -0.2) is 4.98 Å². The lowest BCUT2D eigenvalue weighted by molar-refractivity contribution is 0.0956. The monoisotopic (exact) mass is 280 g/mol. The molecule has 0 fully saturated rings. The van der Waals surface area contributed by atoms with Crippen molar-refractivity contribution < 1.29 is 4.79 Å². The predicted molar refractivity (Wildman–Crippen MR) is 83.9 cm³/mol. The van der Waals surface area contributed by atoms with Gasteiger partial charge >= 0.3 is 0 Å². The van der Waals surface area contributed by atoms with E-state index in [2.05, 4.69) is 15.3 Å². The van der Waals surface area contributed by atoms with Crippen molar-refractivity contribution in [2.75, 3.05) is 12.3 Å². The highest BCUT2D eigenvalue weighted by Gasteiger charge is 2.15. The van der Waals surface area contributed by atoms with Crippen LogP contribution in [-0.2, 0) is 0 Å². The maximum absolute atomic E-state index is 12.2. The Morgan fingerprint density at radius 1 is 1.29 bits per heavy atom. The molecule has 5 nitrogen and oxygen atoms in total. The van der Waals surface area contributed by atoms with Crippen LogP contribution in [-0.4, -0.2) is 22.4 Å². The minimum absolute atomic E-state index is 0.0906. The topological polar surface area (TPSA) is 83.8 Å². The number of fused-ring (bicyclic) bond motifs is 1. The molecule has 0 spiro atoms. The molecule has 21 heavy (non-hydrogen) atoms. The Morgan fingerprint density at radius 3 is 2.90 bits per heavy atom. The molecule has 3 rings (SSSR count). The summed E-state index contributed by atoms with van der Waals surface area (Å²) in [5, 5.41) is 3.78. The molecule has 5 heteroatoms. The fourth-order valence-electron chi connectivity index (χ4n) is 2.45.